The van der Waals surface area contributed by atoms with Gasteiger partial charge in [-0.1, -0.05) is 11.6 Å². The molecule has 0 bridgehead atoms. The van der Waals surface area contributed by atoms with Crippen molar-refractivity contribution in [2.24, 2.45) is 0 Å². The van der Waals surface area contributed by atoms with Crippen LogP contribution in [0, 0.1) is 17.1 Å². The summed E-state index contributed by atoms with van der Waals surface area (Å²) >= 11 is 5.52. The zero-order valence-electron chi connectivity index (χ0n) is 7.33. The first-order valence-corrected chi connectivity index (χ1v) is 4.36. The number of aromatic amines is 1. The summed E-state index contributed by atoms with van der Waals surface area (Å²) in [4.78, 5) is 3.83. The molecule has 4 nitrogen and oxygen atoms in total. The van der Waals surface area contributed by atoms with Gasteiger partial charge in [-0.2, -0.15) is 15.3 Å². The van der Waals surface area contributed by atoms with E-state index in [-0.39, 0.29) is 16.7 Å². The van der Waals surface area contributed by atoms with Crippen LogP contribution in [0.2, 0.25) is 5.02 Å². The van der Waals surface area contributed by atoms with Crippen molar-refractivity contribution in [3.05, 3.63) is 34.9 Å². The van der Waals surface area contributed by atoms with Gasteiger partial charge in [0, 0.05) is 5.56 Å². The maximum Gasteiger partial charge on any atom is 0.228 e. The van der Waals surface area contributed by atoms with Gasteiger partial charge in [-0.15, -0.1) is 0 Å². The number of aromatic nitrogens is 3. The molecule has 1 aromatic carbocycles. The van der Waals surface area contributed by atoms with Gasteiger partial charge in [0.1, 0.15) is 11.9 Å². The van der Waals surface area contributed by atoms with Gasteiger partial charge < -0.3 is 0 Å². The van der Waals surface area contributed by atoms with Crippen LogP contribution >= 0.6 is 11.6 Å². The highest BCUT2D eigenvalue weighted by Gasteiger charge is 2.07. The molecular weight excluding hydrogens is 219 g/mol. The highest BCUT2D eigenvalue weighted by molar-refractivity contribution is 6.30. The van der Waals surface area contributed by atoms with E-state index < -0.39 is 5.82 Å². The molecule has 1 N–H and O–H groups in total. The molecule has 0 saturated carbocycles. The molecule has 0 unspecified atom stereocenters. The van der Waals surface area contributed by atoms with Crippen molar-refractivity contribution in [3.63, 3.8) is 0 Å². The van der Waals surface area contributed by atoms with Crippen LogP contribution in [0.1, 0.15) is 5.82 Å². The average molecular weight is 223 g/mol. The molecule has 0 spiro atoms. The summed E-state index contributed by atoms with van der Waals surface area (Å²) in [5.74, 6) is -0.194. The smallest absolute Gasteiger partial charge is 0.228 e. The number of halogens is 2. The topological polar surface area (TPSA) is 65.4 Å². The normalized spacial score (nSPS) is 9.93. The zero-order chi connectivity index (χ0) is 10.8. The van der Waals surface area contributed by atoms with Crippen molar-refractivity contribution >= 4 is 11.6 Å². The molecule has 0 amide bonds. The molecular formula is C9H4ClFN4. The van der Waals surface area contributed by atoms with Gasteiger partial charge in [-0.3, -0.25) is 5.10 Å². The number of nitriles is 1. The van der Waals surface area contributed by atoms with Gasteiger partial charge in [0.15, 0.2) is 5.82 Å². The van der Waals surface area contributed by atoms with Crippen molar-refractivity contribution in [1.82, 2.24) is 15.2 Å². The lowest BCUT2D eigenvalue weighted by molar-refractivity contribution is 0.628. The third kappa shape index (κ3) is 1.80. The first kappa shape index (κ1) is 9.62. The summed E-state index contributed by atoms with van der Waals surface area (Å²) in [6, 6.07) is 6.00. The van der Waals surface area contributed by atoms with E-state index in [2.05, 4.69) is 15.2 Å². The van der Waals surface area contributed by atoms with Crippen LogP contribution in [0.4, 0.5) is 4.39 Å². The lowest BCUT2D eigenvalue weighted by atomic mass is 10.2. The van der Waals surface area contributed by atoms with Gasteiger partial charge >= 0.3 is 0 Å². The molecule has 15 heavy (non-hydrogen) atoms. The largest absolute Gasteiger partial charge is 0.250 e. The van der Waals surface area contributed by atoms with Crippen LogP contribution < -0.4 is 0 Å². The van der Waals surface area contributed by atoms with Gasteiger partial charge in [0.2, 0.25) is 5.82 Å². The van der Waals surface area contributed by atoms with Crippen molar-refractivity contribution < 1.29 is 4.39 Å². The van der Waals surface area contributed by atoms with Crippen LogP contribution in [-0.2, 0) is 0 Å². The van der Waals surface area contributed by atoms with E-state index in [4.69, 9.17) is 16.9 Å². The maximum absolute atomic E-state index is 13.1. The van der Waals surface area contributed by atoms with Crippen molar-refractivity contribution in [1.29, 1.82) is 5.26 Å². The molecule has 0 fully saturated rings. The monoisotopic (exact) mass is 222 g/mol. The minimum absolute atomic E-state index is 0.0368. The standard InChI is InChI=1S/C9H4ClFN4/c10-6-2-1-5(3-7(6)11)9-13-8(4-12)14-15-9/h1-3H,(H,13,14,15). The maximum atomic E-state index is 13.1. The fraction of sp³-hybridized carbons (Fsp3) is 0. The molecule has 74 valence electrons. The van der Waals surface area contributed by atoms with Crippen LogP contribution in [0.3, 0.4) is 0 Å². The molecule has 0 aliphatic heterocycles. The number of benzene rings is 1. The number of nitrogens with one attached hydrogen (secondary N) is 1. The van der Waals surface area contributed by atoms with Gasteiger partial charge in [0.05, 0.1) is 5.02 Å². The second-order valence-corrected chi connectivity index (χ2v) is 3.16. The van der Waals surface area contributed by atoms with Crippen LogP contribution in [0.25, 0.3) is 11.4 Å². The molecule has 0 aliphatic rings. The molecule has 1 aromatic heterocycles. The Kier molecular flexibility index (Phi) is 2.35. The highest BCUT2D eigenvalue weighted by Crippen LogP contribution is 2.21. The van der Waals surface area contributed by atoms with E-state index in [1.54, 1.807) is 12.1 Å². The Hall–Kier alpha value is -1.93. The van der Waals surface area contributed by atoms with Gasteiger partial charge in [0.25, 0.3) is 0 Å². The second-order valence-electron chi connectivity index (χ2n) is 2.75. The Morgan fingerprint density at radius 3 is 2.87 bits per heavy atom. The van der Waals surface area contributed by atoms with E-state index in [1.165, 1.54) is 12.1 Å². The summed E-state index contributed by atoms with van der Waals surface area (Å²) in [7, 11) is 0. The summed E-state index contributed by atoms with van der Waals surface area (Å²) in [5, 5.41) is 14.7. The molecule has 2 rings (SSSR count). The molecule has 1 heterocycles. The van der Waals surface area contributed by atoms with Crippen LogP contribution in [0.5, 0.6) is 0 Å². The number of rotatable bonds is 1. The van der Waals surface area contributed by atoms with Crippen LogP contribution in [-0.4, -0.2) is 15.2 Å². The zero-order valence-corrected chi connectivity index (χ0v) is 8.09. The number of H-pyrrole nitrogens is 1. The number of hydrogen-bond acceptors (Lipinski definition) is 3. The molecule has 0 saturated heterocycles. The van der Waals surface area contributed by atoms with Gasteiger partial charge in [-0.25, -0.2) is 4.39 Å². The third-order valence-corrected chi connectivity index (χ3v) is 2.08. The summed E-state index contributed by atoms with van der Waals surface area (Å²) in [6.07, 6.45) is 0. The fourth-order valence-electron chi connectivity index (χ4n) is 1.08. The Morgan fingerprint density at radius 1 is 1.47 bits per heavy atom. The SMILES string of the molecule is N#Cc1nc(-c2ccc(Cl)c(F)c2)n[nH]1. The number of hydrogen-bond donors (Lipinski definition) is 1. The predicted molar refractivity (Wildman–Crippen MR) is 51.5 cm³/mol. The fourth-order valence-corrected chi connectivity index (χ4v) is 1.19. The summed E-state index contributed by atoms with van der Waals surface area (Å²) in [5.41, 5.74) is 0.467. The van der Waals surface area contributed by atoms with E-state index in [0.29, 0.717) is 5.56 Å². The van der Waals surface area contributed by atoms with Crippen molar-refractivity contribution in [2.45, 2.75) is 0 Å². The molecule has 2 aromatic rings. The predicted octanol–water partition coefficient (Wildman–Crippen LogP) is 2.14. The first-order chi connectivity index (χ1) is 7.20. The number of nitrogens with zero attached hydrogens (tertiary/aromatic N) is 3. The van der Waals surface area contributed by atoms with E-state index in [1.807, 2.05) is 0 Å². The Morgan fingerprint density at radius 2 is 2.27 bits per heavy atom. The van der Waals surface area contributed by atoms with Gasteiger partial charge in [-0.05, 0) is 18.2 Å². The van der Waals surface area contributed by atoms with Crippen molar-refractivity contribution in [3.8, 4) is 17.5 Å². The molecule has 0 aliphatic carbocycles. The summed E-state index contributed by atoms with van der Waals surface area (Å²) < 4.78 is 13.1. The highest BCUT2D eigenvalue weighted by atomic mass is 35.5. The molecule has 0 atom stereocenters. The van der Waals surface area contributed by atoms with E-state index in [9.17, 15) is 4.39 Å². The quantitative estimate of drug-likeness (QED) is 0.804. The Balaban J connectivity index is 2.46. The Bertz CT molecular complexity index is 543. The van der Waals surface area contributed by atoms with E-state index >= 15 is 0 Å². The first-order valence-electron chi connectivity index (χ1n) is 3.98. The molecule has 6 heteroatoms. The minimum atomic E-state index is -0.544. The van der Waals surface area contributed by atoms with Crippen LogP contribution in [0.15, 0.2) is 18.2 Å². The average Bonchev–Trinajstić information content (AvgIpc) is 2.70. The summed E-state index contributed by atoms with van der Waals surface area (Å²) in [6.45, 7) is 0. The van der Waals surface area contributed by atoms with E-state index in [0.717, 1.165) is 0 Å². The Labute approximate surface area is 89.3 Å². The lowest BCUT2D eigenvalue weighted by Crippen LogP contribution is -1.83. The van der Waals surface area contributed by atoms with Crippen molar-refractivity contribution in [2.75, 3.05) is 0 Å². The lowest BCUT2D eigenvalue weighted by Gasteiger charge is -1.96. The third-order valence-electron chi connectivity index (χ3n) is 1.77. The second kappa shape index (κ2) is 3.67. The minimum Gasteiger partial charge on any atom is -0.250 e. The molecule has 0 radical (unpaired) electrons.